The van der Waals surface area contributed by atoms with Crippen molar-refractivity contribution >= 4 is 27.5 Å². The summed E-state index contributed by atoms with van der Waals surface area (Å²) in [6.45, 7) is 1.57. The van der Waals surface area contributed by atoms with Crippen molar-refractivity contribution in [2.75, 3.05) is 7.11 Å². The summed E-state index contributed by atoms with van der Waals surface area (Å²) in [4.78, 5) is 0. The molecule has 0 fully saturated rings. The molecule has 0 heterocycles. The second kappa shape index (κ2) is 9.92. The molecule has 0 bridgehead atoms. The molecule has 0 saturated carbocycles. The van der Waals surface area contributed by atoms with Crippen LogP contribution < -0.4 is 14.8 Å². The van der Waals surface area contributed by atoms with Gasteiger partial charge in [0.15, 0.2) is 11.5 Å². The Morgan fingerprint density at radius 1 is 0.929 bits per heavy atom. The van der Waals surface area contributed by atoms with E-state index in [1.807, 2.05) is 36.4 Å². The van der Waals surface area contributed by atoms with E-state index in [1.54, 1.807) is 19.2 Å². The third kappa shape index (κ3) is 5.47. The number of halogens is 3. The monoisotopic (exact) mass is 463 g/mol. The topological polar surface area (TPSA) is 30.5 Å². The highest BCUT2D eigenvalue weighted by Crippen LogP contribution is 2.37. The minimum absolute atomic E-state index is 0.239. The molecule has 3 aromatic rings. The van der Waals surface area contributed by atoms with Gasteiger partial charge < -0.3 is 14.8 Å². The summed E-state index contributed by atoms with van der Waals surface area (Å²) >= 11 is 9.54. The highest BCUT2D eigenvalue weighted by molar-refractivity contribution is 9.10. The van der Waals surface area contributed by atoms with Gasteiger partial charge in [-0.2, -0.15) is 0 Å². The summed E-state index contributed by atoms with van der Waals surface area (Å²) < 4.78 is 25.6. The lowest BCUT2D eigenvalue weighted by Gasteiger charge is -2.17. The fourth-order valence-corrected chi connectivity index (χ4v) is 3.31. The third-order valence-corrected chi connectivity index (χ3v) is 5.22. The van der Waals surface area contributed by atoms with Crippen LogP contribution in [0.25, 0.3) is 0 Å². The van der Waals surface area contributed by atoms with Crippen molar-refractivity contribution in [2.45, 2.75) is 19.7 Å². The normalized spacial score (nSPS) is 10.7. The lowest BCUT2D eigenvalue weighted by molar-refractivity contribution is 0.280. The van der Waals surface area contributed by atoms with Crippen molar-refractivity contribution in [1.29, 1.82) is 0 Å². The lowest BCUT2D eigenvalue weighted by Crippen LogP contribution is -2.14. The summed E-state index contributed by atoms with van der Waals surface area (Å²) in [5, 5.41) is 4.06. The van der Waals surface area contributed by atoms with Gasteiger partial charge in [0.05, 0.1) is 7.11 Å². The molecule has 0 spiro atoms. The van der Waals surface area contributed by atoms with Gasteiger partial charge in [-0.15, -0.1) is 0 Å². The molecule has 0 atom stereocenters. The molecule has 0 aliphatic heterocycles. The molecule has 3 nitrogen and oxygen atoms in total. The molecule has 0 saturated heterocycles. The lowest BCUT2D eigenvalue weighted by atomic mass is 10.1. The highest BCUT2D eigenvalue weighted by Gasteiger charge is 2.15. The standard InChI is InChI=1S/C22H20BrClFNO2/c1-27-21-11-10-20(23)19(13-26-12-15-4-8-18(25)9-5-15)22(21)28-14-16-2-6-17(24)7-3-16/h2-11,26H,12-14H2,1H3. The SMILES string of the molecule is COc1ccc(Br)c(CNCc2ccc(F)cc2)c1OCc1ccc(Cl)cc1. The second-order valence-corrected chi connectivity index (χ2v) is 7.49. The van der Waals surface area contributed by atoms with Crippen LogP contribution in [0, 0.1) is 5.82 Å². The van der Waals surface area contributed by atoms with Crippen LogP contribution in [0.2, 0.25) is 5.02 Å². The molecular formula is C22H20BrClFNO2. The first kappa shape index (κ1) is 20.6. The van der Waals surface area contributed by atoms with Crippen molar-refractivity contribution in [3.05, 3.63) is 92.7 Å². The third-order valence-electron chi connectivity index (χ3n) is 4.23. The van der Waals surface area contributed by atoms with E-state index in [4.69, 9.17) is 21.1 Å². The fourth-order valence-electron chi connectivity index (χ4n) is 2.74. The van der Waals surface area contributed by atoms with Gasteiger partial charge in [-0.3, -0.25) is 0 Å². The Labute approximate surface area is 177 Å². The van der Waals surface area contributed by atoms with Crippen LogP contribution in [0.4, 0.5) is 4.39 Å². The average molecular weight is 465 g/mol. The predicted octanol–water partition coefficient (Wildman–Crippen LogP) is 6.12. The van der Waals surface area contributed by atoms with E-state index in [0.717, 1.165) is 21.2 Å². The van der Waals surface area contributed by atoms with Crippen LogP contribution in [0.1, 0.15) is 16.7 Å². The van der Waals surface area contributed by atoms with Gasteiger partial charge >= 0.3 is 0 Å². The number of methoxy groups -OCH3 is 1. The molecule has 0 aliphatic carbocycles. The van der Waals surface area contributed by atoms with Gasteiger partial charge in [0.2, 0.25) is 0 Å². The first-order valence-electron chi connectivity index (χ1n) is 8.74. The Kier molecular flexibility index (Phi) is 7.31. The zero-order chi connectivity index (χ0) is 19.9. The zero-order valence-electron chi connectivity index (χ0n) is 15.3. The van der Waals surface area contributed by atoms with Gasteiger partial charge in [-0.1, -0.05) is 51.8 Å². The molecule has 0 aromatic heterocycles. The Morgan fingerprint density at radius 2 is 1.61 bits per heavy atom. The van der Waals surface area contributed by atoms with Crippen LogP contribution in [0.5, 0.6) is 11.5 Å². The van der Waals surface area contributed by atoms with Crippen molar-refractivity contribution in [3.8, 4) is 11.5 Å². The van der Waals surface area contributed by atoms with Crippen LogP contribution in [0.3, 0.4) is 0 Å². The molecule has 1 N–H and O–H groups in total. The quantitative estimate of drug-likeness (QED) is 0.436. The van der Waals surface area contributed by atoms with E-state index < -0.39 is 0 Å². The van der Waals surface area contributed by atoms with E-state index in [9.17, 15) is 4.39 Å². The van der Waals surface area contributed by atoms with E-state index >= 15 is 0 Å². The van der Waals surface area contributed by atoms with Gasteiger partial charge in [0.25, 0.3) is 0 Å². The van der Waals surface area contributed by atoms with E-state index in [1.165, 1.54) is 12.1 Å². The van der Waals surface area contributed by atoms with Gasteiger partial charge in [0, 0.05) is 28.1 Å². The smallest absolute Gasteiger partial charge is 0.167 e. The van der Waals surface area contributed by atoms with E-state index in [2.05, 4.69) is 21.2 Å². The maximum atomic E-state index is 13.0. The largest absolute Gasteiger partial charge is 0.493 e. The first-order chi connectivity index (χ1) is 13.6. The number of hydrogen-bond acceptors (Lipinski definition) is 3. The summed E-state index contributed by atoms with van der Waals surface area (Å²) in [5.41, 5.74) is 2.97. The van der Waals surface area contributed by atoms with Crippen LogP contribution in [-0.4, -0.2) is 7.11 Å². The maximum absolute atomic E-state index is 13.0. The second-order valence-electron chi connectivity index (χ2n) is 6.20. The molecule has 0 radical (unpaired) electrons. The van der Waals surface area contributed by atoms with Crippen LogP contribution in [0.15, 0.2) is 65.1 Å². The average Bonchev–Trinajstić information content (AvgIpc) is 2.70. The minimum Gasteiger partial charge on any atom is -0.493 e. The summed E-state index contributed by atoms with van der Waals surface area (Å²) in [6, 6.07) is 17.8. The van der Waals surface area contributed by atoms with Crippen LogP contribution >= 0.6 is 27.5 Å². The number of hydrogen-bond donors (Lipinski definition) is 1. The molecule has 6 heteroatoms. The Balaban J connectivity index is 1.73. The highest BCUT2D eigenvalue weighted by atomic mass is 79.9. The molecule has 0 unspecified atom stereocenters. The minimum atomic E-state index is -0.239. The molecule has 0 aliphatic rings. The van der Waals surface area contributed by atoms with E-state index in [-0.39, 0.29) is 5.82 Å². The van der Waals surface area contributed by atoms with Crippen LogP contribution in [-0.2, 0) is 19.7 Å². The first-order valence-corrected chi connectivity index (χ1v) is 9.91. The van der Waals surface area contributed by atoms with Gasteiger partial charge in [-0.05, 0) is 47.5 Å². The molecule has 28 heavy (non-hydrogen) atoms. The molecular weight excluding hydrogens is 445 g/mol. The molecule has 146 valence electrons. The van der Waals surface area contributed by atoms with Crippen molar-refractivity contribution in [2.24, 2.45) is 0 Å². The Morgan fingerprint density at radius 3 is 2.29 bits per heavy atom. The van der Waals surface area contributed by atoms with Crippen molar-refractivity contribution in [1.82, 2.24) is 5.32 Å². The zero-order valence-corrected chi connectivity index (χ0v) is 17.7. The maximum Gasteiger partial charge on any atom is 0.167 e. The van der Waals surface area contributed by atoms with E-state index in [0.29, 0.717) is 36.2 Å². The molecule has 3 aromatic carbocycles. The number of ether oxygens (including phenoxy) is 2. The Bertz CT molecular complexity index is 917. The van der Waals surface area contributed by atoms with Crippen molar-refractivity contribution in [3.63, 3.8) is 0 Å². The summed E-state index contributed by atoms with van der Waals surface area (Å²) in [7, 11) is 1.62. The predicted molar refractivity (Wildman–Crippen MR) is 113 cm³/mol. The Hall–Kier alpha value is -2.08. The summed E-state index contributed by atoms with van der Waals surface area (Å²) in [6.07, 6.45) is 0. The number of rotatable bonds is 8. The number of nitrogens with one attached hydrogen (secondary N) is 1. The van der Waals surface area contributed by atoms with Gasteiger partial charge in [0.1, 0.15) is 12.4 Å². The fraction of sp³-hybridized carbons (Fsp3) is 0.182. The number of benzene rings is 3. The van der Waals surface area contributed by atoms with Crippen molar-refractivity contribution < 1.29 is 13.9 Å². The molecule has 3 rings (SSSR count). The molecule has 0 amide bonds. The summed E-state index contributed by atoms with van der Waals surface area (Å²) in [5.74, 6) is 1.10. The van der Waals surface area contributed by atoms with Gasteiger partial charge in [-0.25, -0.2) is 4.39 Å².